The highest BCUT2D eigenvalue weighted by molar-refractivity contribution is 5.88. The first-order valence-corrected chi connectivity index (χ1v) is 6.94. The molecule has 2 N–H and O–H groups in total. The van der Waals surface area contributed by atoms with Crippen molar-refractivity contribution in [3.63, 3.8) is 0 Å². The van der Waals surface area contributed by atoms with E-state index in [0.717, 1.165) is 31.0 Å². The van der Waals surface area contributed by atoms with Crippen molar-refractivity contribution in [3.05, 3.63) is 60.0 Å². The lowest BCUT2D eigenvalue weighted by Crippen LogP contribution is -2.52. The molecule has 1 fully saturated rings. The van der Waals surface area contributed by atoms with Crippen molar-refractivity contribution in [3.8, 4) is 0 Å². The Morgan fingerprint density at radius 3 is 2.48 bits per heavy atom. The fourth-order valence-electron chi connectivity index (χ4n) is 2.59. The molecule has 0 atom stereocenters. The first kappa shape index (κ1) is 13.5. The summed E-state index contributed by atoms with van der Waals surface area (Å²) in [4.78, 5) is 15.9. The third-order valence-corrected chi connectivity index (χ3v) is 3.86. The summed E-state index contributed by atoms with van der Waals surface area (Å²) in [6.07, 6.45) is 4.00. The number of hydrogen-bond acceptors (Lipinski definition) is 2. The fourth-order valence-corrected chi connectivity index (χ4v) is 2.59. The predicted octanol–water partition coefficient (Wildman–Crippen LogP) is 3.42. The Bertz CT molecular complexity index is 624. The maximum absolute atomic E-state index is 12.8. The highest BCUT2D eigenvalue weighted by Gasteiger charge is 2.39. The summed E-state index contributed by atoms with van der Waals surface area (Å²) in [7, 11) is 0. The van der Waals surface area contributed by atoms with Gasteiger partial charge in [0.05, 0.1) is 11.7 Å². The zero-order valence-corrected chi connectivity index (χ0v) is 11.5. The van der Waals surface area contributed by atoms with Crippen LogP contribution in [0.5, 0.6) is 0 Å². The third kappa shape index (κ3) is 2.86. The van der Waals surface area contributed by atoms with Gasteiger partial charge < -0.3 is 5.32 Å². The van der Waals surface area contributed by atoms with E-state index in [9.17, 15) is 9.18 Å². The number of carbonyl (C=O) groups excluding carboxylic acids is 1. The molecule has 3 rings (SSSR count). The smallest absolute Gasteiger partial charge is 0.321 e. The lowest BCUT2D eigenvalue weighted by Gasteiger charge is -2.43. The Labute approximate surface area is 122 Å². The van der Waals surface area contributed by atoms with Crippen molar-refractivity contribution in [2.75, 3.05) is 5.32 Å². The monoisotopic (exact) mass is 285 g/mol. The van der Waals surface area contributed by atoms with E-state index in [-0.39, 0.29) is 11.6 Å². The predicted molar refractivity (Wildman–Crippen MR) is 78.3 cm³/mol. The summed E-state index contributed by atoms with van der Waals surface area (Å²) in [5.41, 5.74) is 0.809. The van der Waals surface area contributed by atoms with E-state index in [0.29, 0.717) is 5.82 Å². The number of benzene rings is 1. The Morgan fingerprint density at radius 2 is 1.90 bits per heavy atom. The van der Waals surface area contributed by atoms with Gasteiger partial charge in [0.15, 0.2) is 0 Å². The fraction of sp³-hybridized carbons (Fsp3) is 0.250. The molecule has 1 aromatic carbocycles. The minimum Gasteiger partial charge on any atom is -0.328 e. The number of nitrogens with one attached hydrogen (secondary N) is 2. The van der Waals surface area contributed by atoms with Crippen molar-refractivity contribution in [2.24, 2.45) is 0 Å². The number of rotatable bonds is 3. The van der Waals surface area contributed by atoms with Gasteiger partial charge in [-0.1, -0.05) is 30.3 Å². The number of pyridine rings is 1. The van der Waals surface area contributed by atoms with Gasteiger partial charge in [-0.25, -0.2) is 14.2 Å². The molecule has 1 aliphatic carbocycles. The van der Waals surface area contributed by atoms with E-state index in [1.165, 1.54) is 12.1 Å². The maximum Gasteiger partial charge on any atom is 0.321 e. The molecule has 108 valence electrons. The number of urea groups is 1. The minimum atomic E-state index is -0.430. The number of nitrogens with zero attached hydrogens (tertiary/aromatic N) is 1. The first-order chi connectivity index (χ1) is 10.2. The molecule has 0 radical (unpaired) electrons. The molecule has 1 aliphatic rings. The Balaban J connectivity index is 1.70. The van der Waals surface area contributed by atoms with Crippen LogP contribution in [0.4, 0.5) is 15.0 Å². The van der Waals surface area contributed by atoms with Crippen LogP contribution in [-0.4, -0.2) is 11.0 Å². The highest BCUT2D eigenvalue weighted by atomic mass is 19.1. The van der Waals surface area contributed by atoms with Gasteiger partial charge in [-0.2, -0.15) is 0 Å². The van der Waals surface area contributed by atoms with Gasteiger partial charge >= 0.3 is 6.03 Å². The summed E-state index contributed by atoms with van der Waals surface area (Å²) in [5.74, 6) is -0.0999. The molecule has 2 aromatic rings. The largest absolute Gasteiger partial charge is 0.328 e. The second-order valence-corrected chi connectivity index (χ2v) is 5.24. The van der Waals surface area contributed by atoms with E-state index in [1.54, 1.807) is 0 Å². The number of carbonyl (C=O) groups is 1. The molecule has 0 aliphatic heterocycles. The van der Waals surface area contributed by atoms with Gasteiger partial charge in [-0.05, 0) is 37.0 Å². The van der Waals surface area contributed by atoms with Gasteiger partial charge in [0.25, 0.3) is 0 Å². The van der Waals surface area contributed by atoms with Crippen LogP contribution in [0.2, 0.25) is 0 Å². The molecule has 1 heterocycles. The standard InChI is InChI=1S/C16H16FN3O/c17-13-7-8-14(18-11-13)19-15(21)20-16(9-4-10-16)12-5-2-1-3-6-12/h1-3,5-8,11H,4,9-10H2,(H2,18,19,20,21). The van der Waals surface area contributed by atoms with E-state index in [2.05, 4.69) is 15.6 Å². The van der Waals surface area contributed by atoms with Gasteiger partial charge in [-0.15, -0.1) is 0 Å². The second-order valence-electron chi connectivity index (χ2n) is 5.24. The molecule has 5 heteroatoms. The van der Waals surface area contributed by atoms with Crippen molar-refractivity contribution in [2.45, 2.75) is 24.8 Å². The maximum atomic E-state index is 12.8. The zero-order valence-electron chi connectivity index (χ0n) is 11.5. The molecule has 0 saturated heterocycles. The molecule has 1 saturated carbocycles. The molecule has 2 amide bonds. The van der Waals surface area contributed by atoms with E-state index >= 15 is 0 Å². The van der Waals surface area contributed by atoms with Crippen LogP contribution in [0.3, 0.4) is 0 Å². The molecule has 0 bridgehead atoms. The number of hydrogen-bond donors (Lipinski definition) is 2. The van der Waals surface area contributed by atoms with Crippen LogP contribution < -0.4 is 10.6 Å². The van der Waals surface area contributed by atoms with Crippen LogP contribution in [0.15, 0.2) is 48.7 Å². The number of aromatic nitrogens is 1. The van der Waals surface area contributed by atoms with Crippen LogP contribution in [-0.2, 0) is 5.54 Å². The molecule has 0 unspecified atom stereocenters. The first-order valence-electron chi connectivity index (χ1n) is 6.94. The van der Waals surface area contributed by atoms with Gasteiger partial charge in [0.2, 0.25) is 0 Å². The topological polar surface area (TPSA) is 54.0 Å². The lowest BCUT2D eigenvalue weighted by atomic mass is 9.72. The van der Waals surface area contributed by atoms with Crippen molar-refractivity contribution in [1.82, 2.24) is 10.3 Å². The highest BCUT2D eigenvalue weighted by Crippen LogP contribution is 2.41. The van der Waals surface area contributed by atoms with Crippen molar-refractivity contribution >= 4 is 11.8 Å². The second kappa shape index (κ2) is 5.52. The summed E-state index contributed by atoms with van der Waals surface area (Å²) < 4.78 is 12.8. The number of anilines is 1. The van der Waals surface area contributed by atoms with E-state index in [4.69, 9.17) is 0 Å². The van der Waals surface area contributed by atoms with Gasteiger partial charge in [0, 0.05) is 0 Å². The van der Waals surface area contributed by atoms with E-state index in [1.807, 2.05) is 30.3 Å². The lowest BCUT2D eigenvalue weighted by molar-refractivity contribution is 0.185. The number of halogens is 1. The summed E-state index contributed by atoms with van der Waals surface area (Å²) >= 11 is 0. The van der Waals surface area contributed by atoms with Crippen LogP contribution in [0.1, 0.15) is 24.8 Å². The molecule has 4 nitrogen and oxygen atoms in total. The van der Waals surface area contributed by atoms with Crippen molar-refractivity contribution in [1.29, 1.82) is 0 Å². The van der Waals surface area contributed by atoms with E-state index < -0.39 is 5.82 Å². The third-order valence-electron chi connectivity index (χ3n) is 3.86. The van der Waals surface area contributed by atoms with Crippen LogP contribution in [0, 0.1) is 5.82 Å². The molecule has 21 heavy (non-hydrogen) atoms. The average Bonchev–Trinajstić information content (AvgIpc) is 2.46. The Hall–Kier alpha value is -2.43. The van der Waals surface area contributed by atoms with Gasteiger partial charge in [0.1, 0.15) is 11.6 Å². The van der Waals surface area contributed by atoms with Gasteiger partial charge in [-0.3, -0.25) is 5.32 Å². The molecule has 0 spiro atoms. The Morgan fingerprint density at radius 1 is 1.14 bits per heavy atom. The summed E-state index contributed by atoms with van der Waals surface area (Å²) in [6, 6.07) is 12.3. The molecule has 1 aromatic heterocycles. The summed E-state index contributed by atoms with van der Waals surface area (Å²) in [5, 5.41) is 5.66. The molecular weight excluding hydrogens is 269 g/mol. The normalized spacial score (nSPS) is 15.9. The average molecular weight is 285 g/mol. The number of amides is 2. The summed E-state index contributed by atoms with van der Waals surface area (Å²) in [6.45, 7) is 0. The van der Waals surface area contributed by atoms with Crippen LogP contribution in [0.25, 0.3) is 0 Å². The Kier molecular flexibility index (Phi) is 3.56. The van der Waals surface area contributed by atoms with Crippen LogP contribution >= 0.6 is 0 Å². The SMILES string of the molecule is O=C(Nc1ccc(F)cn1)NC1(c2ccccc2)CCC1. The zero-order chi connectivity index (χ0) is 14.7. The minimum absolute atomic E-state index is 0.300. The molecular formula is C16H16FN3O. The van der Waals surface area contributed by atoms with Crippen molar-refractivity contribution < 1.29 is 9.18 Å². The quantitative estimate of drug-likeness (QED) is 0.908.